The minimum Gasteiger partial charge on any atom is -0.384 e. The van der Waals surface area contributed by atoms with Crippen molar-refractivity contribution in [3.05, 3.63) is 71.9 Å². The predicted octanol–water partition coefficient (Wildman–Crippen LogP) is 2.41. The number of nitrogens with one attached hydrogen (secondary N) is 3. The van der Waals surface area contributed by atoms with Gasteiger partial charge in [-0.3, -0.25) is 10.1 Å². The van der Waals surface area contributed by atoms with E-state index in [1.807, 2.05) is 35.3 Å². The van der Waals surface area contributed by atoms with E-state index in [1.54, 1.807) is 12.5 Å². The van der Waals surface area contributed by atoms with Crippen LogP contribution in [0.4, 0.5) is 17.3 Å². The number of hydrogen-bond acceptors (Lipinski definition) is 8. The number of benzene rings is 1. The van der Waals surface area contributed by atoms with E-state index in [2.05, 4.69) is 43.8 Å². The summed E-state index contributed by atoms with van der Waals surface area (Å²) in [5.74, 6) is 1.18. The summed E-state index contributed by atoms with van der Waals surface area (Å²) in [5.41, 5.74) is 21.0. The van der Waals surface area contributed by atoms with Crippen molar-refractivity contribution in [3.63, 3.8) is 0 Å². The lowest BCUT2D eigenvalue weighted by molar-refractivity contribution is 0.420. The third-order valence-electron chi connectivity index (χ3n) is 4.61. The number of nitrogens with two attached hydrogens (primary N) is 1. The molecule has 9 nitrogen and oxygen atoms in total. The molecular formula is C19H18N8O. The molecule has 1 aromatic carbocycles. The van der Waals surface area contributed by atoms with E-state index in [0.717, 1.165) is 33.5 Å². The molecule has 0 unspecified atom stereocenters. The van der Waals surface area contributed by atoms with Crippen LogP contribution in [0.2, 0.25) is 0 Å². The van der Waals surface area contributed by atoms with Crippen molar-refractivity contribution in [1.29, 1.82) is 0 Å². The van der Waals surface area contributed by atoms with E-state index in [4.69, 9.17) is 10.3 Å². The molecule has 0 bridgehead atoms. The molecule has 4 heterocycles. The molecule has 1 aliphatic rings. The molecule has 0 aliphatic carbocycles. The van der Waals surface area contributed by atoms with E-state index >= 15 is 0 Å². The first-order valence-electron chi connectivity index (χ1n) is 8.81. The zero-order chi connectivity index (χ0) is 18.9. The Morgan fingerprint density at radius 2 is 2.04 bits per heavy atom. The smallest absolute Gasteiger partial charge is 0.169 e. The number of rotatable bonds is 5. The highest BCUT2D eigenvalue weighted by molar-refractivity contribution is 5.74. The van der Waals surface area contributed by atoms with Crippen LogP contribution in [0.3, 0.4) is 0 Å². The number of hydrogen-bond donors (Lipinski definition) is 4. The molecule has 5 rings (SSSR count). The van der Waals surface area contributed by atoms with Gasteiger partial charge in [0.1, 0.15) is 12.1 Å². The number of fused-ring (bicyclic) bond motifs is 1. The molecule has 140 valence electrons. The van der Waals surface area contributed by atoms with Crippen molar-refractivity contribution in [1.82, 2.24) is 25.5 Å². The first-order chi connectivity index (χ1) is 13.7. The largest absolute Gasteiger partial charge is 0.384 e. The van der Waals surface area contributed by atoms with Crippen LogP contribution in [0.25, 0.3) is 11.1 Å². The molecule has 4 aromatic rings. The Labute approximate surface area is 160 Å². The first kappa shape index (κ1) is 16.3. The summed E-state index contributed by atoms with van der Waals surface area (Å²) in [7, 11) is 0. The summed E-state index contributed by atoms with van der Waals surface area (Å²) < 4.78 is 6.86. The average molecular weight is 374 g/mol. The second-order valence-electron chi connectivity index (χ2n) is 6.64. The molecule has 28 heavy (non-hydrogen) atoms. The summed E-state index contributed by atoms with van der Waals surface area (Å²) in [6, 6.07) is 10.1. The van der Waals surface area contributed by atoms with Gasteiger partial charge in [0.05, 0.1) is 24.6 Å². The predicted molar refractivity (Wildman–Crippen MR) is 105 cm³/mol. The van der Waals surface area contributed by atoms with Crippen LogP contribution < -0.4 is 22.1 Å². The second-order valence-corrected chi connectivity index (χ2v) is 6.64. The van der Waals surface area contributed by atoms with Gasteiger partial charge in [0.2, 0.25) is 0 Å². The molecule has 0 spiro atoms. The molecule has 1 aliphatic heterocycles. The first-order valence-corrected chi connectivity index (χ1v) is 8.81. The summed E-state index contributed by atoms with van der Waals surface area (Å²) >= 11 is 0. The average Bonchev–Trinajstić information content (AvgIpc) is 3.43. The lowest BCUT2D eigenvalue weighted by atomic mass is 10.1. The van der Waals surface area contributed by atoms with Crippen LogP contribution in [0.1, 0.15) is 16.7 Å². The molecule has 0 amide bonds. The van der Waals surface area contributed by atoms with Crippen LogP contribution in [-0.4, -0.2) is 19.9 Å². The molecule has 5 N–H and O–H groups in total. The van der Waals surface area contributed by atoms with Gasteiger partial charge in [0, 0.05) is 18.2 Å². The van der Waals surface area contributed by atoms with Crippen molar-refractivity contribution >= 4 is 17.3 Å². The maximum absolute atomic E-state index is 5.91. The van der Waals surface area contributed by atoms with E-state index in [0.29, 0.717) is 24.6 Å². The fraction of sp³-hybridized carbons (Fsp3) is 0.105. The van der Waals surface area contributed by atoms with E-state index < -0.39 is 0 Å². The van der Waals surface area contributed by atoms with Crippen molar-refractivity contribution in [3.8, 4) is 11.1 Å². The highest BCUT2D eigenvalue weighted by Crippen LogP contribution is 2.30. The Bertz CT molecular complexity index is 1120. The van der Waals surface area contributed by atoms with Crippen molar-refractivity contribution in [2.45, 2.75) is 13.0 Å². The fourth-order valence-corrected chi connectivity index (χ4v) is 3.33. The molecule has 0 fully saturated rings. The van der Waals surface area contributed by atoms with E-state index in [-0.39, 0.29) is 0 Å². The second kappa shape index (κ2) is 6.71. The van der Waals surface area contributed by atoms with Gasteiger partial charge in [-0.05, 0) is 34.4 Å². The third kappa shape index (κ3) is 3.14. The standard InChI is InChI=1S/C19H18N8O/c20-17-6-15(18-19(23-17)25-26-24-18)5-13-7-21-27(10-13)9-12-2-1-3-14(4-12)16-8-22-28-11-16/h1-4,6-8,10-11,24,26H,5,9H2,(H3,20,23,25). The number of nitrogens with zero attached hydrogens (tertiary/aromatic N) is 4. The quantitative estimate of drug-likeness (QED) is 0.420. The Balaban J connectivity index is 1.34. The SMILES string of the molecule is Nc1cc(Cc2cnn(Cc3cccc(-c4cnoc4)c3)c2)c2c(n1)NNN2. The zero-order valence-electron chi connectivity index (χ0n) is 14.9. The van der Waals surface area contributed by atoms with Crippen LogP contribution in [0.15, 0.2) is 59.7 Å². The molecule has 0 saturated heterocycles. The fourth-order valence-electron chi connectivity index (χ4n) is 3.33. The minimum atomic E-state index is 0.477. The number of aromatic nitrogens is 4. The number of pyridine rings is 1. The molecule has 3 aromatic heterocycles. The summed E-state index contributed by atoms with van der Waals surface area (Å²) in [6.45, 7) is 0.678. The topological polar surface area (TPSA) is 119 Å². The van der Waals surface area contributed by atoms with Gasteiger partial charge in [-0.15, -0.1) is 5.53 Å². The third-order valence-corrected chi connectivity index (χ3v) is 4.61. The molecular weight excluding hydrogens is 356 g/mol. The summed E-state index contributed by atoms with van der Waals surface area (Å²) in [4.78, 5) is 4.26. The van der Waals surface area contributed by atoms with Gasteiger partial charge in [0.25, 0.3) is 0 Å². The minimum absolute atomic E-state index is 0.477. The Morgan fingerprint density at radius 3 is 2.93 bits per heavy atom. The molecule has 9 heteroatoms. The highest BCUT2D eigenvalue weighted by atomic mass is 16.5. The Hall–Kier alpha value is -3.85. The molecule has 0 saturated carbocycles. The Kier molecular flexibility index (Phi) is 3.91. The van der Waals surface area contributed by atoms with Gasteiger partial charge < -0.3 is 15.7 Å². The normalized spacial score (nSPS) is 12.4. The molecule has 0 radical (unpaired) electrons. The maximum atomic E-state index is 5.91. The van der Waals surface area contributed by atoms with Crippen molar-refractivity contribution in [2.75, 3.05) is 16.6 Å². The number of anilines is 3. The van der Waals surface area contributed by atoms with Crippen molar-refractivity contribution in [2.24, 2.45) is 0 Å². The van der Waals surface area contributed by atoms with Gasteiger partial charge in [-0.2, -0.15) is 5.10 Å². The van der Waals surface area contributed by atoms with Crippen LogP contribution in [0, 0.1) is 0 Å². The summed E-state index contributed by atoms with van der Waals surface area (Å²) in [6.07, 6.45) is 7.98. The van der Waals surface area contributed by atoms with Gasteiger partial charge in [0.15, 0.2) is 5.82 Å². The van der Waals surface area contributed by atoms with E-state index in [9.17, 15) is 0 Å². The molecule has 0 atom stereocenters. The Morgan fingerprint density at radius 1 is 1.07 bits per heavy atom. The lowest BCUT2D eigenvalue weighted by Crippen LogP contribution is -2.19. The van der Waals surface area contributed by atoms with Crippen LogP contribution in [0.5, 0.6) is 0 Å². The summed E-state index contributed by atoms with van der Waals surface area (Å²) in [5, 5.41) is 8.27. The highest BCUT2D eigenvalue weighted by Gasteiger charge is 2.17. The zero-order valence-corrected chi connectivity index (χ0v) is 14.9. The van der Waals surface area contributed by atoms with E-state index in [1.165, 1.54) is 0 Å². The number of hydrazine groups is 2. The van der Waals surface area contributed by atoms with Gasteiger partial charge >= 0.3 is 0 Å². The monoisotopic (exact) mass is 374 g/mol. The maximum Gasteiger partial charge on any atom is 0.169 e. The van der Waals surface area contributed by atoms with Crippen LogP contribution in [-0.2, 0) is 13.0 Å². The number of nitrogen functional groups attached to an aromatic ring is 1. The van der Waals surface area contributed by atoms with Gasteiger partial charge in [-0.1, -0.05) is 23.4 Å². The van der Waals surface area contributed by atoms with Crippen LogP contribution >= 0.6 is 0 Å². The lowest BCUT2D eigenvalue weighted by Gasteiger charge is -2.07. The van der Waals surface area contributed by atoms with Gasteiger partial charge in [-0.25, -0.2) is 4.98 Å². The van der Waals surface area contributed by atoms with Crippen molar-refractivity contribution < 1.29 is 4.52 Å².